The van der Waals surface area contributed by atoms with Gasteiger partial charge >= 0.3 is 0 Å². The van der Waals surface area contributed by atoms with Gasteiger partial charge in [-0.15, -0.1) is 5.10 Å². The summed E-state index contributed by atoms with van der Waals surface area (Å²) in [5.74, 6) is 0.891. The number of aryl methyl sites for hydroxylation is 1. The average Bonchev–Trinajstić information content (AvgIpc) is 2.95. The Balaban J connectivity index is 1.65. The minimum Gasteiger partial charge on any atom is -0.438 e. The number of carbonyl (C=O) groups excluding carboxylic acids is 1. The summed E-state index contributed by atoms with van der Waals surface area (Å²) in [6.45, 7) is 1.90. The van der Waals surface area contributed by atoms with Crippen LogP contribution in [0, 0.1) is 6.92 Å². The molecule has 0 bridgehead atoms. The van der Waals surface area contributed by atoms with Crippen molar-refractivity contribution in [2.45, 2.75) is 6.92 Å². The van der Waals surface area contributed by atoms with Crippen LogP contribution in [0.5, 0.6) is 11.6 Å². The van der Waals surface area contributed by atoms with E-state index in [-0.39, 0.29) is 5.91 Å². The fourth-order valence-electron chi connectivity index (χ4n) is 1.86. The predicted molar refractivity (Wildman–Crippen MR) is 82.0 cm³/mol. The second kappa shape index (κ2) is 6.09. The molecule has 0 fully saturated rings. The Labute approximate surface area is 127 Å². The molecule has 2 N–H and O–H groups in total. The predicted octanol–water partition coefficient (Wildman–Crippen LogP) is 3.16. The number of hydrogen-bond acceptors (Lipinski definition) is 4. The van der Waals surface area contributed by atoms with E-state index in [2.05, 4.69) is 20.5 Å². The number of benzene rings is 1. The van der Waals surface area contributed by atoms with Gasteiger partial charge in [-0.3, -0.25) is 14.9 Å². The van der Waals surface area contributed by atoms with Crippen LogP contribution in [-0.4, -0.2) is 21.1 Å². The van der Waals surface area contributed by atoms with Crippen LogP contribution >= 0.6 is 0 Å². The molecule has 0 spiro atoms. The lowest BCUT2D eigenvalue weighted by Crippen LogP contribution is -2.13. The quantitative estimate of drug-likeness (QED) is 0.774. The highest BCUT2D eigenvalue weighted by molar-refractivity contribution is 6.02. The Bertz CT molecular complexity index is 766. The average molecular weight is 294 g/mol. The summed E-state index contributed by atoms with van der Waals surface area (Å²) in [4.78, 5) is 16.0. The highest BCUT2D eigenvalue weighted by Gasteiger charge is 2.07. The van der Waals surface area contributed by atoms with Gasteiger partial charge in [0.1, 0.15) is 11.4 Å². The second-order valence-electron chi connectivity index (χ2n) is 4.68. The van der Waals surface area contributed by atoms with Gasteiger partial charge in [0.05, 0.1) is 0 Å². The Morgan fingerprint density at radius 1 is 1.18 bits per heavy atom. The maximum atomic E-state index is 12.0. The van der Waals surface area contributed by atoms with Crippen LogP contribution < -0.4 is 10.1 Å². The first-order valence-electron chi connectivity index (χ1n) is 6.73. The van der Waals surface area contributed by atoms with Crippen molar-refractivity contribution in [3.63, 3.8) is 0 Å². The zero-order valence-corrected chi connectivity index (χ0v) is 11.9. The summed E-state index contributed by atoms with van der Waals surface area (Å²) in [5.41, 5.74) is 1.96. The van der Waals surface area contributed by atoms with Crippen molar-refractivity contribution in [3.8, 4) is 11.6 Å². The van der Waals surface area contributed by atoms with Crippen molar-refractivity contribution in [2.24, 2.45) is 0 Å². The summed E-state index contributed by atoms with van der Waals surface area (Å²) < 4.78 is 5.58. The van der Waals surface area contributed by atoms with Gasteiger partial charge in [0, 0.05) is 23.6 Å². The third-order valence-corrected chi connectivity index (χ3v) is 2.91. The van der Waals surface area contributed by atoms with Gasteiger partial charge in [0.25, 0.3) is 5.91 Å². The lowest BCUT2D eigenvalue weighted by Gasteiger charge is -2.06. The van der Waals surface area contributed by atoms with Gasteiger partial charge in [0.15, 0.2) is 0 Å². The third-order valence-electron chi connectivity index (χ3n) is 2.91. The van der Waals surface area contributed by atoms with Crippen LogP contribution in [-0.2, 0) is 0 Å². The van der Waals surface area contributed by atoms with E-state index in [1.807, 2.05) is 6.92 Å². The summed E-state index contributed by atoms with van der Waals surface area (Å²) in [7, 11) is 0. The number of anilines is 1. The molecule has 3 rings (SSSR count). The molecule has 0 aliphatic heterocycles. The Morgan fingerprint density at radius 2 is 2.00 bits per heavy atom. The molecule has 0 atom stereocenters. The summed E-state index contributed by atoms with van der Waals surface area (Å²) in [6, 6.07) is 14.0. The molecule has 0 radical (unpaired) electrons. The van der Waals surface area contributed by atoms with Crippen LogP contribution in [0.25, 0.3) is 0 Å². The molecule has 3 aromatic rings. The number of nitrogens with one attached hydrogen (secondary N) is 2. The van der Waals surface area contributed by atoms with E-state index in [9.17, 15) is 4.79 Å². The zero-order valence-electron chi connectivity index (χ0n) is 11.9. The molecule has 6 heteroatoms. The monoisotopic (exact) mass is 294 g/mol. The van der Waals surface area contributed by atoms with Crippen molar-refractivity contribution in [2.75, 3.05) is 5.32 Å². The molecule has 2 aromatic heterocycles. The number of aromatic nitrogens is 3. The maximum Gasteiger partial charge on any atom is 0.274 e. The topological polar surface area (TPSA) is 79.9 Å². The van der Waals surface area contributed by atoms with Crippen molar-refractivity contribution >= 4 is 11.6 Å². The fourth-order valence-corrected chi connectivity index (χ4v) is 1.86. The molecule has 0 aliphatic rings. The number of ether oxygens (including phenoxy) is 1. The smallest absolute Gasteiger partial charge is 0.274 e. The number of H-pyrrole nitrogens is 1. The van der Waals surface area contributed by atoms with Crippen molar-refractivity contribution in [3.05, 3.63) is 66.1 Å². The van der Waals surface area contributed by atoms with E-state index in [0.717, 1.165) is 5.69 Å². The molecule has 6 nitrogen and oxygen atoms in total. The molecule has 0 saturated heterocycles. The molecular weight excluding hydrogens is 280 g/mol. The van der Waals surface area contributed by atoms with E-state index in [4.69, 9.17) is 4.74 Å². The van der Waals surface area contributed by atoms with Crippen LogP contribution in [0.15, 0.2) is 54.7 Å². The lowest BCUT2D eigenvalue weighted by atomic mass is 10.3. The number of carbonyl (C=O) groups is 1. The van der Waals surface area contributed by atoms with Crippen LogP contribution in [0.4, 0.5) is 5.69 Å². The number of hydrogen-bond donors (Lipinski definition) is 2. The molecule has 2 heterocycles. The second-order valence-corrected chi connectivity index (χ2v) is 4.68. The lowest BCUT2D eigenvalue weighted by molar-refractivity contribution is 0.102. The maximum absolute atomic E-state index is 12.0. The number of pyridine rings is 1. The van der Waals surface area contributed by atoms with E-state index < -0.39 is 0 Å². The van der Waals surface area contributed by atoms with E-state index in [1.54, 1.807) is 54.7 Å². The first-order valence-corrected chi connectivity index (χ1v) is 6.73. The normalized spacial score (nSPS) is 10.2. The molecule has 0 aliphatic carbocycles. The van der Waals surface area contributed by atoms with Gasteiger partial charge in [0.2, 0.25) is 5.88 Å². The Kier molecular flexibility index (Phi) is 3.82. The Morgan fingerprint density at radius 3 is 2.64 bits per heavy atom. The summed E-state index contributed by atoms with van der Waals surface area (Å²) in [5, 5.41) is 9.58. The van der Waals surface area contributed by atoms with Gasteiger partial charge in [-0.1, -0.05) is 6.07 Å². The number of aromatic amines is 1. The summed E-state index contributed by atoms with van der Waals surface area (Å²) >= 11 is 0. The molecule has 0 unspecified atom stereocenters. The van der Waals surface area contributed by atoms with Crippen molar-refractivity contribution < 1.29 is 9.53 Å². The van der Waals surface area contributed by atoms with Gasteiger partial charge < -0.3 is 10.1 Å². The molecule has 110 valence electrons. The highest BCUT2D eigenvalue weighted by atomic mass is 16.5. The third kappa shape index (κ3) is 3.29. The standard InChI is InChI=1S/C16H14N4O2/c1-11-10-15(20-19-11)22-13-7-5-12(6-8-13)18-16(21)14-4-2-3-9-17-14/h2-10H,1H3,(H,18,21)(H,19,20). The highest BCUT2D eigenvalue weighted by Crippen LogP contribution is 2.22. The number of rotatable bonds is 4. The minimum atomic E-state index is -0.253. The van der Waals surface area contributed by atoms with Crippen molar-refractivity contribution in [1.29, 1.82) is 0 Å². The SMILES string of the molecule is Cc1cc(Oc2ccc(NC(=O)c3ccccn3)cc2)n[nH]1. The van der Waals surface area contributed by atoms with Crippen molar-refractivity contribution in [1.82, 2.24) is 15.2 Å². The molecule has 1 amide bonds. The zero-order chi connectivity index (χ0) is 15.4. The van der Waals surface area contributed by atoms with Crippen LogP contribution in [0.3, 0.4) is 0 Å². The number of amides is 1. The van der Waals surface area contributed by atoms with Gasteiger partial charge in [-0.25, -0.2) is 0 Å². The van der Waals surface area contributed by atoms with Gasteiger partial charge in [-0.2, -0.15) is 0 Å². The molecule has 0 saturated carbocycles. The molecular formula is C16H14N4O2. The van der Waals surface area contributed by atoms with E-state index in [1.165, 1.54) is 0 Å². The van der Waals surface area contributed by atoms with E-state index >= 15 is 0 Å². The fraction of sp³-hybridized carbons (Fsp3) is 0.0625. The number of nitrogens with zero attached hydrogens (tertiary/aromatic N) is 2. The van der Waals surface area contributed by atoms with Crippen LogP contribution in [0.2, 0.25) is 0 Å². The van der Waals surface area contributed by atoms with Gasteiger partial charge in [-0.05, 0) is 43.3 Å². The Hall–Kier alpha value is -3.15. The first-order chi connectivity index (χ1) is 10.7. The van der Waals surface area contributed by atoms with Crippen LogP contribution in [0.1, 0.15) is 16.2 Å². The largest absolute Gasteiger partial charge is 0.438 e. The first kappa shape index (κ1) is 13.8. The minimum absolute atomic E-state index is 0.253. The molecule has 22 heavy (non-hydrogen) atoms. The molecule has 1 aromatic carbocycles. The summed E-state index contributed by atoms with van der Waals surface area (Å²) in [6.07, 6.45) is 1.58. The van der Waals surface area contributed by atoms with E-state index in [0.29, 0.717) is 23.0 Å².